The fourth-order valence-electron chi connectivity index (χ4n) is 3.52. The smallest absolute Gasteiger partial charge is 0.393 e. The first kappa shape index (κ1) is 18.3. The van der Waals surface area contributed by atoms with Crippen LogP contribution < -0.4 is 0 Å². The van der Waals surface area contributed by atoms with E-state index >= 15 is 0 Å². The molecule has 1 aliphatic heterocycles. The van der Waals surface area contributed by atoms with Crippen molar-refractivity contribution < 1.29 is 27.6 Å². The SMILES string of the molecule is CO[Si](OC)(OC)C(C)(C)CC(C)(C)C1CC(=O)OC1=O. The Morgan fingerprint density at radius 1 is 1.10 bits per heavy atom. The maximum absolute atomic E-state index is 11.9. The molecule has 0 amide bonds. The van der Waals surface area contributed by atoms with E-state index in [1.807, 2.05) is 27.7 Å². The standard InChI is InChI=1S/C14H26O6Si/c1-13(2,10-8-11(15)20-12(10)16)9-14(3,4)21(17-5,18-6)19-7/h10H,8-9H2,1-7H3. The van der Waals surface area contributed by atoms with Crippen LogP contribution in [0.25, 0.3) is 0 Å². The largest absolute Gasteiger partial charge is 0.506 e. The molecule has 1 heterocycles. The molecular formula is C14H26O6Si. The average molecular weight is 318 g/mol. The summed E-state index contributed by atoms with van der Waals surface area (Å²) in [5.41, 5.74) is -0.430. The molecule has 0 bridgehead atoms. The first-order chi connectivity index (χ1) is 9.55. The predicted octanol–water partition coefficient (Wildman–Crippen LogP) is 2.15. The van der Waals surface area contributed by atoms with Gasteiger partial charge in [-0.2, -0.15) is 0 Å². The van der Waals surface area contributed by atoms with Gasteiger partial charge >= 0.3 is 20.7 Å². The van der Waals surface area contributed by atoms with Crippen LogP contribution in [0.1, 0.15) is 40.5 Å². The minimum Gasteiger partial charge on any atom is -0.393 e. The van der Waals surface area contributed by atoms with E-state index in [9.17, 15) is 9.59 Å². The van der Waals surface area contributed by atoms with Gasteiger partial charge in [0.2, 0.25) is 0 Å². The van der Waals surface area contributed by atoms with Gasteiger partial charge in [0, 0.05) is 26.4 Å². The van der Waals surface area contributed by atoms with Crippen LogP contribution in [-0.2, 0) is 27.6 Å². The first-order valence-corrected chi connectivity index (χ1v) is 8.67. The molecular weight excluding hydrogens is 292 g/mol. The molecule has 1 atom stereocenters. The molecule has 1 fully saturated rings. The van der Waals surface area contributed by atoms with Crippen LogP contribution in [-0.4, -0.2) is 42.1 Å². The number of hydrogen-bond acceptors (Lipinski definition) is 6. The highest BCUT2D eigenvalue weighted by molar-refractivity contribution is 6.64. The lowest BCUT2D eigenvalue weighted by Gasteiger charge is -2.43. The van der Waals surface area contributed by atoms with Crippen LogP contribution in [0.3, 0.4) is 0 Å². The number of cyclic esters (lactones) is 2. The van der Waals surface area contributed by atoms with Gasteiger partial charge in [-0.3, -0.25) is 9.59 Å². The van der Waals surface area contributed by atoms with Crippen LogP contribution in [0.15, 0.2) is 0 Å². The molecule has 0 radical (unpaired) electrons. The lowest BCUT2D eigenvalue weighted by molar-refractivity contribution is -0.154. The molecule has 0 aromatic rings. The van der Waals surface area contributed by atoms with E-state index in [0.717, 1.165) is 0 Å². The van der Waals surface area contributed by atoms with Crippen LogP contribution in [0.2, 0.25) is 5.04 Å². The summed E-state index contributed by atoms with van der Waals surface area (Å²) in [6.07, 6.45) is 0.734. The molecule has 0 aromatic heterocycles. The summed E-state index contributed by atoms with van der Waals surface area (Å²) in [5.74, 6) is -1.34. The molecule has 6 nitrogen and oxygen atoms in total. The summed E-state index contributed by atoms with van der Waals surface area (Å²) >= 11 is 0. The van der Waals surface area contributed by atoms with Gasteiger partial charge in [0.25, 0.3) is 0 Å². The van der Waals surface area contributed by atoms with Crippen LogP contribution in [0, 0.1) is 11.3 Å². The number of ether oxygens (including phenoxy) is 1. The Morgan fingerprint density at radius 3 is 1.90 bits per heavy atom. The maximum Gasteiger partial charge on any atom is 0.506 e. The summed E-state index contributed by atoms with van der Waals surface area (Å²) in [6, 6.07) is 0. The highest BCUT2D eigenvalue weighted by Crippen LogP contribution is 2.51. The monoisotopic (exact) mass is 318 g/mol. The van der Waals surface area contributed by atoms with E-state index < -0.39 is 37.1 Å². The van der Waals surface area contributed by atoms with E-state index in [1.165, 1.54) is 0 Å². The van der Waals surface area contributed by atoms with Crippen molar-refractivity contribution in [2.45, 2.75) is 45.6 Å². The van der Waals surface area contributed by atoms with Gasteiger partial charge in [-0.05, 0) is 11.8 Å². The minimum atomic E-state index is -2.88. The minimum absolute atomic E-state index is 0.128. The third-order valence-electron chi connectivity index (χ3n) is 4.35. The quantitative estimate of drug-likeness (QED) is 0.407. The molecule has 1 unspecified atom stereocenters. The van der Waals surface area contributed by atoms with E-state index in [4.69, 9.17) is 13.3 Å². The third kappa shape index (κ3) is 3.36. The second-order valence-electron chi connectivity index (χ2n) is 6.77. The zero-order valence-electron chi connectivity index (χ0n) is 13.9. The fourth-order valence-corrected chi connectivity index (χ4v) is 6.35. The maximum atomic E-state index is 11.9. The van der Waals surface area contributed by atoms with Crippen molar-refractivity contribution in [2.24, 2.45) is 11.3 Å². The van der Waals surface area contributed by atoms with Crippen LogP contribution in [0.4, 0.5) is 0 Å². The van der Waals surface area contributed by atoms with Gasteiger partial charge in [0.1, 0.15) is 0 Å². The molecule has 122 valence electrons. The molecule has 0 saturated carbocycles. The number of carbonyl (C=O) groups is 2. The number of hydrogen-bond donors (Lipinski definition) is 0. The average Bonchev–Trinajstić information content (AvgIpc) is 2.70. The van der Waals surface area contributed by atoms with Crippen LogP contribution in [0.5, 0.6) is 0 Å². The lowest BCUT2D eigenvalue weighted by atomic mass is 9.72. The van der Waals surface area contributed by atoms with Crippen molar-refractivity contribution in [1.29, 1.82) is 0 Å². The second-order valence-corrected chi connectivity index (χ2v) is 10.5. The normalized spacial score (nSPS) is 20.8. The molecule has 0 aromatic carbocycles. The first-order valence-electron chi connectivity index (χ1n) is 6.95. The molecule has 0 N–H and O–H groups in total. The Morgan fingerprint density at radius 2 is 1.57 bits per heavy atom. The van der Waals surface area contributed by atoms with E-state index in [0.29, 0.717) is 6.42 Å². The zero-order valence-corrected chi connectivity index (χ0v) is 14.9. The Labute approximate surface area is 127 Å². The Balaban J connectivity index is 3.00. The molecule has 0 spiro atoms. The summed E-state index contributed by atoms with van der Waals surface area (Å²) in [7, 11) is 1.83. The van der Waals surface area contributed by atoms with Crippen molar-refractivity contribution in [1.82, 2.24) is 0 Å². The lowest BCUT2D eigenvalue weighted by Crippen LogP contribution is -2.54. The Bertz CT molecular complexity index is 405. The third-order valence-corrected chi connectivity index (χ3v) is 7.79. The van der Waals surface area contributed by atoms with Crippen molar-refractivity contribution in [3.05, 3.63) is 0 Å². The highest BCUT2D eigenvalue weighted by Gasteiger charge is 2.57. The summed E-state index contributed by atoms with van der Waals surface area (Å²) in [6.45, 7) is 7.91. The van der Waals surface area contributed by atoms with Gasteiger partial charge in [0.05, 0.1) is 12.3 Å². The Hall–Kier alpha value is -0.763. The zero-order chi connectivity index (χ0) is 16.5. The fraction of sp³-hybridized carbons (Fsp3) is 0.857. The van der Waals surface area contributed by atoms with Crippen molar-refractivity contribution in [3.8, 4) is 0 Å². The van der Waals surface area contributed by atoms with E-state index in [2.05, 4.69) is 4.74 Å². The molecule has 1 saturated heterocycles. The topological polar surface area (TPSA) is 71.1 Å². The Kier molecular flexibility index (Phi) is 5.36. The van der Waals surface area contributed by atoms with Crippen molar-refractivity contribution in [2.75, 3.05) is 21.3 Å². The van der Waals surface area contributed by atoms with E-state index in [-0.39, 0.29) is 6.42 Å². The molecule has 7 heteroatoms. The number of carbonyl (C=O) groups excluding carboxylic acids is 2. The van der Waals surface area contributed by atoms with Gasteiger partial charge < -0.3 is 18.0 Å². The van der Waals surface area contributed by atoms with Gasteiger partial charge in [-0.15, -0.1) is 0 Å². The number of rotatable bonds is 7. The van der Waals surface area contributed by atoms with Crippen molar-refractivity contribution in [3.63, 3.8) is 0 Å². The van der Waals surface area contributed by atoms with E-state index in [1.54, 1.807) is 21.3 Å². The summed E-state index contributed by atoms with van der Waals surface area (Å²) < 4.78 is 21.4. The van der Waals surface area contributed by atoms with Gasteiger partial charge in [-0.25, -0.2) is 0 Å². The van der Waals surface area contributed by atoms with Crippen LogP contribution >= 0.6 is 0 Å². The van der Waals surface area contributed by atoms with Crippen molar-refractivity contribution >= 4 is 20.7 Å². The second kappa shape index (κ2) is 6.16. The number of esters is 2. The van der Waals surface area contributed by atoms with Gasteiger partial charge in [-0.1, -0.05) is 27.7 Å². The molecule has 1 aliphatic rings. The summed E-state index contributed by atoms with van der Waals surface area (Å²) in [4.78, 5) is 23.2. The molecule has 21 heavy (non-hydrogen) atoms. The highest BCUT2D eigenvalue weighted by atomic mass is 28.4. The summed E-state index contributed by atoms with van der Waals surface area (Å²) in [5, 5.41) is -0.416. The molecule has 1 rings (SSSR count). The molecule has 0 aliphatic carbocycles. The van der Waals surface area contributed by atoms with Gasteiger partial charge in [0.15, 0.2) is 0 Å². The predicted molar refractivity (Wildman–Crippen MR) is 78.4 cm³/mol.